The van der Waals surface area contributed by atoms with E-state index in [0.717, 1.165) is 76.9 Å². The lowest BCUT2D eigenvalue weighted by atomic mass is 10.1. The van der Waals surface area contributed by atoms with Gasteiger partial charge in [0.2, 0.25) is 0 Å². The summed E-state index contributed by atoms with van der Waals surface area (Å²) in [6.45, 7) is 11.1. The Balaban J connectivity index is 0.00000365. The zero-order valence-corrected chi connectivity index (χ0v) is 39.5. The Bertz CT molecular complexity index is 2550. The highest BCUT2D eigenvalue weighted by Crippen LogP contribution is 2.32. The van der Waals surface area contributed by atoms with Crippen LogP contribution in [0.1, 0.15) is 29.8 Å². The van der Waals surface area contributed by atoms with E-state index in [2.05, 4.69) is 34.7 Å². The van der Waals surface area contributed by atoms with Crippen molar-refractivity contribution in [3.05, 3.63) is 131 Å². The molecule has 1 amide bonds. The number of pyridine rings is 1. The molecule has 0 aliphatic carbocycles. The van der Waals surface area contributed by atoms with E-state index in [1.807, 2.05) is 44.3 Å². The Labute approximate surface area is 400 Å². The van der Waals surface area contributed by atoms with Crippen LogP contribution < -0.4 is 20.4 Å². The first-order chi connectivity index (χ1) is 32.6. The molecule has 20 heteroatoms. The number of carbonyl (C=O) groups is 1. The highest BCUT2D eigenvalue weighted by Gasteiger charge is 2.22. The van der Waals surface area contributed by atoms with Crippen molar-refractivity contribution < 1.29 is 41.4 Å². The van der Waals surface area contributed by atoms with E-state index in [-0.39, 0.29) is 36.9 Å². The predicted molar refractivity (Wildman–Crippen MR) is 258 cm³/mol. The molecule has 1 fully saturated rings. The molecular formula is C47H51ClF4N8O5S2. The number of piperazine rings is 1. The second-order valence-corrected chi connectivity index (χ2v) is 16.8. The molecule has 6 aromatic rings. The molecule has 3 N–H and O–H groups in total. The third-order valence-corrected chi connectivity index (χ3v) is 12.0. The minimum absolute atomic E-state index is 0.0221. The molecule has 0 spiro atoms. The van der Waals surface area contributed by atoms with Gasteiger partial charge in [-0.1, -0.05) is 49.5 Å². The molecule has 67 heavy (non-hydrogen) atoms. The lowest BCUT2D eigenvalue weighted by molar-refractivity contribution is -0.0193. The maximum atomic E-state index is 14.6. The van der Waals surface area contributed by atoms with Crippen LogP contribution in [0.25, 0.3) is 22.2 Å². The first-order valence-corrected chi connectivity index (χ1v) is 23.7. The van der Waals surface area contributed by atoms with E-state index in [9.17, 15) is 22.4 Å². The van der Waals surface area contributed by atoms with Crippen LogP contribution in [0.15, 0.2) is 96.2 Å². The van der Waals surface area contributed by atoms with Gasteiger partial charge in [-0.15, -0.1) is 0 Å². The van der Waals surface area contributed by atoms with Crippen LogP contribution in [0.4, 0.5) is 40.4 Å². The van der Waals surface area contributed by atoms with Crippen molar-refractivity contribution in [2.75, 3.05) is 93.1 Å². The van der Waals surface area contributed by atoms with Crippen molar-refractivity contribution in [1.82, 2.24) is 24.7 Å². The molecule has 0 bridgehead atoms. The number of nitrogens with zero attached hydrogens (tertiary/aromatic N) is 5. The number of hydrogen-bond donors (Lipinski definition) is 3. The molecule has 1 aliphatic heterocycles. The third-order valence-electron chi connectivity index (χ3n) is 9.82. The van der Waals surface area contributed by atoms with Crippen LogP contribution in [0, 0.1) is 30.2 Å². The fraction of sp³-hybridized carbons (Fsp3) is 0.319. The van der Waals surface area contributed by atoms with E-state index >= 15 is 0 Å². The Kier molecular flexibility index (Phi) is 20.1. The molecule has 0 unspecified atom stereocenters. The van der Waals surface area contributed by atoms with Gasteiger partial charge < -0.3 is 29.1 Å². The SMILES string of the molecule is CC.Cc1ccc(Nc2c(C(=O)NOCCOCCOCCOCCSN3CCN(c4cnc5ccc(-c6cnc(Cl)c(NSc7ccc(F)cc7)c6)cc5n4)CC3)ccc(F)c2F)c(F)c1. The maximum Gasteiger partial charge on any atom is 0.277 e. The second kappa shape index (κ2) is 26.3. The van der Waals surface area contributed by atoms with Gasteiger partial charge in [-0.3, -0.25) is 14.6 Å². The fourth-order valence-electron chi connectivity index (χ4n) is 6.43. The Morgan fingerprint density at radius 3 is 2.18 bits per heavy atom. The highest BCUT2D eigenvalue weighted by atomic mass is 35.5. The number of aryl methyl sites for hydroxylation is 1. The number of ether oxygens (including phenoxy) is 3. The van der Waals surface area contributed by atoms with E-state index in [1.165, 1.54) is 36.2 Å². The van der Waals surface area contributed by atoms with Crippen molar-refractivity contribution >= 4 is 75.3 Å². The number of fused-ring (bicyclic) bond motifs is 1. The summed E-state index contributed by atoms with van der Waals surface area (Å²) in [5, 5.41) is 2.80. The van der Waals surface area contributed by atoms with E-state index < -0.39 is 29.0 Å². The predicted octanol–water partition coefficient (Wildman–Crippen LogP) is 10.3. The summed E-state index contributed by atoms with van der Waals surface area (Å²) in [5.41, 5.74) is 5.87. The Morgan fingerprint density at radius 2 is 1.45 bits per heavy atom. The molecule has 3 heterocycles. The largest absolute Gasteiger partial charge is 0.378 e. The number of nitrogens with one attached hydrogen (secondary N) is 3. The molecule has 0 saturated carbocycles. The number of anilines is 4. The van der Waals surface area contributed by atoms with Crippen LogP contribution in [-0.2, 0) is 19.0 Å². The average molecular weight is 984 g/mol. The standard InChI is InChI=1S/C45H45ClF4N8O5S2.C2H6/c1-29-2-10-37(36(49)24-29)54-43-34(8-9-35(48)42(43)50)45(59)55-63-21-20-61-17-16-60-18-19-62-22-23-64-58-14-12-57(13-15-58)41-28-51-38-11-3-30(25-39(38)53-41)31-26-40(44(46)52-27-31)56-65-33-6-4-32(47)5-7-33;1-2/h2-11,24-28,54,56H,12-23H2,1H3,(H,55,59);1-2H3. The minimum atomic E-state index is -1.33. The first-order valence-electron chi connectivity index (χ1n) is 21.5. The zero-order valence-electron chi connectivity index (χ0n) is 37.1. The fourth-order valence-corrected chi connectivity index (χ4v) is 8.17. The van der Waals surface area contributed by atoms with Gasteiger partial charge in [0, 0.05) is 48.6 Å². The molecule has 7 rings (SSSR count). The number of hydrogen-bond acceptors (Lipinski definition) is 14. The van der Waals surface area contributed by atoms with Gasteiger partial charge in [0.15, 0.2) is 16.8 Å². The molecule has 1 aliphatic rings. The lowest BCUT2D eigenvalue weighted by Gasteiger charge is -2.34. The summed E-state index contributed by atoms with van der Waals surface area (Å²) in [4.78, 5) is 34.9. The third kappa shape index (κ3) is 15.1. The summed E-state index contributed by atoms with van der Waals surface area (Å²) in [6.07, 6.45) is 3.54. The van der Waals surface area contributed by atoms with Crippen LogP contribution in [0.5, 0.6) is 0 Å². The van der Waals surface area contributed by atoms with Crippen LogP contribution in [0.2, 0.25) is 5.15 Å². The van der Waals surface area contributed by atoms with Gasteiger partial charge in [0.25, 0.3) is 5.91 Å². The van der Waals surface area contributed by atoms with Gasteiger partial charge in [-0.05, 0) is 96.7 Å². The van der Waals surface area contributed by atoms with Crippen molar-refractivity contribution in [2.45, 2.75) is 25.7 Å². The van der Waals surface area contributed by atoms with Gasteiger partial charge in [-0.2, -0.15) is 0 Å². The summed E-state index contributed by atoms with van der Waals surface area (Å²) < 4.78 is 78.6. The Morgan fingerprint density at radius 1 is 0.731 bits per heavy atom. The average Bonchev–Trinajstić information content (AvgIpc) is 3.34. The van der Waals surface area contributed by atoms with Gasteiger partial charge in [0.1, 0.15) is 17.5 Å². The minimum Gasteiger partial charge on any atom is -0.378 e. The number of benzene rings is 4. The molecule has 4 aromatic carbocycles. The smallest absolute Gasteiger partial charge is 0.277 e. The number of aromatic nitrogens is 3. The number of amides is 1. The second-order valence-electron chi connectivity index (χ2n) is 14.4. The molecule has 2 aromatic heterocycles. The number of halogens is 5. The molecule has 0 radical (unpaired) electrons. The summed E-state index contributed by atoms with van der Waals surface area (Å²) in [7, 11) is 0. The van der Waals surface area contributed by atoms with Crippen LogP contribution >= 0.6 is 35.5 Å². The van der Waals surface area contributed by atoms with E-state index in [0.29, 0.717) is 42.8 Å². The van der Waals surface area contributed by atoms with Gasteiger partial charge in [0.05, 0.1) is 86.1 Å². The quantitative estimate of drug-likeness (QED) is 0.0196. The van der Waals surface area contributed by atoms with Crippen molar-refractivity contribution in [3.8, 4) is 11.1 Å². The number of rotatable bonds is 22. The molecule has 1 saturated heterocycles. The van der Waals surface area contributed by atoms with Crippen molar-refractivity contribution in [3.63, 3.8) is 0 Å². The zero-order chi connectivity index (χ0) is 47.5. The van der Waals surface area contributed by atoms with E-state index in [4.69, 9.17) is 35.6 Å². The molecular weight excluding hydrogens is 932 g/mol. The number of carbonyl (C=O) groups excluding carboxylic acids is 1. The van der Waals surface area contributed by atoms with Crippen molar-refractivity contribution in [2.24, 2.45) is 0 Å². The van der Waals surface area contributed by atoms with Gasteiger partial charge in [-0.25, -0.2) is 37.3 Å². The van der Waals surface area contributed by atoms with Gasteiger partial charge >= 0.3 is 0 Å². The molecule has 356 valence electrons. The summed E-state index contributed by atoms with van der Waals surface area (Å²) in [5.74, 6) is -2.74. The molecule has 0 atom stereocenters. The monoisotopic (exact) mass is 982 g/mol. The topological polar surface area (TPSA) is 135 Å². The highest BCUT2D eigenvalue weighted by molar-refractivity contribution is 8.00. The van der Waals surface area contributed by atoms with Crippen LogP contribution in [0.3, 0.4) is 0 Å². The number of hydroxylamine groups is 1. The first kappa shape index (κ1) is 51.1. The normalized spacial score (nSPS) is 12.7. The van der Waals surface area contributed by atoms with Crippen molar-refractivity contribution in [1.29, 1.82) is 0 Å². The summed E-state index contributed by atoms with van der Waals surface area (Å²) in [6, 6.07) is 20.1. The van der Waals surface area contributed by atoms with Crippen LogP contribution in [-0.4, -0.2) is 103 Å². The summed E-state index contributed by atoms with van der Waals surface area (Å²) >= 11 is 9.45. The van der Waals surface area contributed by atoms with E-state index in [1.54, 1.807) is 43.3 Å². The lowest BCUT2D eigenvalue weighted by Crippen LogP contribution is -2.44. The molecule has 13 nitrogen and oxygen atoms in total. The maximum absolute atomic E-state index is 14.6. The Hall–Kier alpha value is -5.25.